The lowest BCUT2D eigenvalue weighted by molar-refractivity contribution is -0.197. The van der Waals surface area contributed by atoms with Gasteiger partial charge in [-0.2, -0.15) is 11.8 Å². The average Bonchev–Trinajstić information content (AvgIpc) is 3.89. The van der Waals surface area contributed by atoms with Gasteiger partial charge in [0.15, 0.2) is 0 Å². The Kier molecular flexibility index (Phi) is 14.8. The van der Waals surface area contributed by atoms with Gasteiger partial charge in [-0.1, -0.05) is 6.42 Å². The second-order valence-electron chi connectivity index (χ2n) is 12.8. The van der Waals surface area contributed by atoms with E-state index in [1.807, 2.05) is 11.8 Å². The Labute approximate surface area is 298 Å². The number of hydroxylamine groups is 2. The fourth-order valence-electron chi connectivity index (χ4n) is 6.21. The van der Waals surface area contributed by atoms with Crippen LogP contribution in [-0.4, -0.2) is 124 Å². The first-order valence-corrected chi connectivity index (χ1v) is 18.3. The molecular formula is C31H46N8O11S. The number of unbranched alkanes of at least 4 members (excludes halogenated alkanes) is 2. The molecule has 51 heavy (non-hydrogen) atoms. The second kappa shape index (κ2) is 19.2. The van der Waals surface area contributed by atoms with E-state index in [0.29, 0.717) is 55.5 Å². The normalized spacial score (nSPS) is 23.5. The number of aliphatic carboxylic acids is 1. The first kappa shape index (κ1) is 39.3. The molecule has 0 aromatic carbocycles. The molecule has 6 unspecified atom stereocenters. The molecule has 0 radical (unpaired) electrons. The zero-order valence-corrected chi connectivity index (χ0v) is 29.0. The van der Waals surface area contributed by atoms with Crippen LogP contribution in [0.5, 0.6) is 0 Å². The first-order valence-electron chi connectivity index (χ1n) is 17.3. The van der Waals surface area contributed by atoms with Gasteiger partial charge >= 0.3 is 18.0 Å². The van der Waals surface area contributed by atoms with Crippen molar-refractivity contribution in [3.05, 3.63) is 0 Å². The Bertz CT molecular complexity index is 1340. The molecule has 0 bridgehead atoms. The van der Waals surface area contributed by atoms with E-state index < -0.39 is 72.6 Å². The highest BCUT2D eigenvalue weighted by Gasteiger charge is 2.42. The first-order chi connectivity index (χ1) is 24.4. The van der Waals surface area contributed by atoms with Gasteiger partial charge in [0.25, 0.3) is 11.8 Å². The summed E-state index contributed by atoms with van der Waals surface area (Å²) in [6.45, 7) is 0.247. The summed E-state index contributed by atoms with van der Waals surface area (Å²) in [5.74, 6) is -5.45. The molecule has 4 heterocycles. The third kappa shape index (κ3) is 12.1. The number of fused-ring (bicyclic) bond motifs is 1. The van der Waals surface area contributed by atoms with Crippen LogP contribution >= 0.6 is 11.8 Å². The Morgan fingerprint density at radius 2 is 1.69 bits per heavy atom. The van der Waals surface area contributed by atoms with Crippen LogP contribution in [0.3, 0.4) is 0 Å². The van der Waals surface area contributed by atoms with Crippen LogP contribution < -0.4 is 37.2 Å². The molecule has 4 aliphatic rings. The maximum absolute atomic E-state index is 13.0. The monoisotopic (exact) mass is 738 g/mol. The summed E-state index contributed by atoms with van der Waals surface area (Å²) in [6.07, 6.45) is 3.93. The number of nitrogens with zero attached hydrogens (tertiary/aromatic N) is 1. The average molecular weight is 739 g/mol. The third-order valence-electron chi connectivity index (χ3n) is 8.96. The predicted molar refractivity (Wildman–Crippen MR) is 178 cm³/mol. The Hall–Kier alpha value is -4.46. The molecule has 0 spiro atoms. The highest BCUT2D eigenvalue weighted by Crippen LogP contribution is 2.33. The minimum Gasteiger partial charge on any atom is -0.480 e. The van der Waals surface area contributed by atoms with Crippen molar-refractivity contribution in [2.45, 2.75) is 113 Å². The van der Waals surface area contributed by atoms with Crippen LogP contribution in [0.15, 0.2) is 0 Å². The summed E-state index contributed by atoms with van der Waals surface area (Å²) in [4.78, 5) is 115. The molecule has 4 fully saturated rings. The SMILES string of the molecule is O=C(CCCCC1SCC2NC(=O)NC21)NCCCCC(NC(=O)CNC(=O)C(CC(=O)ON1C(=O)CCC1=O)NC(=O)C1CCCN1)C(=O)O. The lowest BCUT2D eigenvalue weighted by atomic mass is 10.0. The van der Waals surface area contributed by atoms with Crippen molar-refractivity contribution >= 4 is 65.2 Å². The molecule has 0 aliphatic carbocycles. The second-order valence-corrected chi connectivity index (χ2v) is 14.1. The number of hydrogen-bond donors (Lipinski definition) is 8. The summed E-state index contributed by atoms with van der Waals surface area (Å²) in [6, 6.07) is -3.23. The zero-order chi connectivity index (χ0) is 36.9. The molecule has 4 rings (SSSR count). The van der Waals surface area contributed by atoms with Gasteiger partial charge in [-0.25, -0.2) is 14.4 Å². The van der Waals surface area contributed by atoms with Crippen LogP contribution in [0.25, 0.3) is 0 Å². The van der Waals surface area contributed by atoms with E-state index in [4.69, 9.17) is 4.84 Å². The molecule has 19 nitrogen and oxygen atoms in total. The van der Waals surface area contributed by atoms with Gasteiger partial charge in [0.2, 0.25) is 23.6 Å². The van der Waals surface area contributed by atoms with Crippen molar-refractivity contribution in [2.75, 3.05) is 25.4 Å². The van der Waals surface area contributed by atoms with Gasteiger partial charge in [0.1, 0.15) is 12.1 Å². The summed E-state index contributed by atoms with van der Waals surface area (Å²) >= 11 is 1.83. The summed E-state index contributed by atoms with van der Waals surface area (Å²) < 4.78 is 0. The zero-order valence-electron chi connectivity index (χ0n) is 28.2. The van der Waals surface area contributed by atoms with Crippen LogP contribution in [0.4, 0.5) is 4.79 Å². The fourth-order valence-corrected chi connectivity index (χ4v) is 7.75. The Morgan fingerprint density at radius 3 is 2.39 bits per heavy atom. The van der Waals surface area contributed by atoms with Gasteiger partial charge in [0, 0.05) is 36.8 Å². The van der Waals surface area contributed by atoms with Crippen molar-refractivity contribution in [3.8, 4) is 0 Å². The maximum Gasteiger partial charge on any atom is 0.335 e. The molecule has 20 heteroatoms. The highest BCUT2D eigenvalue weighted by molar-refractivity contribution is 8.00. The number of nitrogens with one attached hydrogen (secondary N) is 7. The predicted octanol–water partition coefficient (Wildman–Crippen LogP) is -2.08. The smallest absolute Gasteiger partial charge is 0.335 e. The molecule has 4 aliphatic heterocycles. The van der Waals surface area contributed by atoms with Crippen molar-refractivity contribution in [1.29, 1.82) is 0 Å². The number of amides is 8. The van der Waals surface area contributed by atoms with Gasteiger partial charge in [-0.15, -0.1) is 5.06 Å². The van der Waals surface area contributed by atoms with E-state index in [1.165, 1.54) is 0 Å². The molecule has 282 valence electrons. The lowest BCUT2D eigenvalue weighted by Crippen LogP contribution is -2.54. The van der Waals surface area contributed by atoms with Crippen LogP contribution in [0.1, 0.15) is 77.0 Å². The number of carboxylic acid groups (broad SMARTS) is 1. The molecule has 0 saturated carbocycles. The minimum absolute atomic E-state index is 0.0599. The van der Waals surface area contributed by atoms with E-state index in [-0.39, 0.29) is 43.3 Å². The fraction of sp³-hybridized carbons (Fsp3) is 0.710. The number of thioether (sulfide) groups is 1. The summed E-state index contributed by atoms with van der Waals surface area (Å²) in [7, 11) is 0. The van der Waals surface area contributed by atoms with E-state index in [2.05, 4.69) is 37.2 Å². The van der Waals surface area contributed by atoms with Gasteiger partial charge < -0.3 is 47.2 Å². The molecule has 8 amide bonds. The van der Waals surface area contributed by atoms with Crippen molar-refractivity contribution < 1.29 is 53.1 Å². The number of carbonyl (C=O) groups excluding carboxylic acids is 8. The van der Waals surface area contributed by atoms with Crippen molar-refractivity contribution in [3.63, 3.8) is 0 Å². The largest absolute Gasteiger partial charge is 0.480 e. The summed E-state index contributed by atoms with van der Waals surface area (Å²) in [5.41, 5.74) is 0. The van der Waals surface area contributed by atoms with E-state index in [9.17, 15) is 48.3 Å². The quantitative estimate of drug-likeness (QED) is 0.0379. The minimum atomic E-state index is -1.52. The topological polar surface area (TPSA) is 271 Å². The molecule has 6 atom stereocenters. The van der Waals surface area contributed by atoms with Crippen molar-refractivity contribution in [1.82, 2.24) is 42.3 Å². The van der Waals surface area contributed by atoms with Gasteiger partial charge in [-0.05, 0) is 51.5 Å². The van der Waals surface area contributed by atoms with Crippen molar-refractivity contribution in [2.24, 2.45) is 0 Å². The lowest BCUT2D eigenvalue weighted by Gasteiger charge is -2.21. The van der Waals surface area contributed by atoms with Gasteiger partial charge in [0.05, 0.1) is 31.1 Å². The van der Waals surface area contributed by atoms with Gasteiger partial charge in [-0.3, -0.25) is 28.8 Å². The van der Waals surface area contributed by atoms with E-state index in [0.717, 1.165) is 25.0 Å². The highest BCUT2D eigenvalue weighted by atomic mass is 32.2. The van der Waals surface area contributed by atoms with Crippen LogP contribution in [-0.2, 0) is 43.2 Å². The number of imide groups is 1. The maximum atomic E-state index is 13.0. The van der Waals surface area contributed by atoms with E-state index in [1.54, 1.807) is 0 Å². The Morgan fingerprint density at radius 1 is 0.922 bits per heavy atom. The number of rotatable bonds is 20. The molecule has 0 aromatic heterocycles. The summed E-state index contributed by atoms with van der Waals surface area (Å²) in [5, 5.41) is 28.9. The number of hydrogen-bond acceptors (Lipinski definition) is 12. The van der Waals surface area contributed by atoms with Crippen LogP contribution in [0, 0.1) is 0 Å². The third-order valence-corrected chi connectivity index (χ3v) is 10.5. The Balaban J connectivity index is 1.12. The number of carbonyl (C=O) groups is 9. The molecular weight excluding hydrogens is 692 g/mol. The molecule has 8 N–H and O–H groups in total. The number of carboxylic acids is 1. The molecule has 4 saturated heterocycles. The van der Waals surface area contributed by atoms with Crippen LogP contribution in [0.2, 0.25) is 0 Å². The van der Waals surface area contributed by atoms with E-state index >= 15 is 0 Å². The molecule has 0 aromatic rings. The standard InChI is InChI=1S/C31H46N8O11S/c40-22(9-2-1-8-21-27-20(16-51-21)37-31(49)38-27)33-12-4-3-6-18(30(47)48)35-23(41)15-34-28(45)19(36-29(46)17-7-5-13-32-17)14-26(44)50-39-24(42)10-11-25(39)43/h17-21,27,32H,1-16H2,(H,33,40)(H,34,45)(H,35,41)(H,36,46)(H,47,48)(H2,37,38,49). The number of urea groups is 1.